The zero-order valence-corrected chi connectivity index (χ0v) is 13.9. The Hall–Kier alpha value is -3.17. The number of amides is 1. The Kier molecular flexibility index (Phi) is 2.95. The highest BCUT2D eigenvalue weighted by Gasteiger charge is 2.60. The lowest BCUT2D eigenvalue weighted by molar-refractivity contribution is -0.153. The second-order valence-corrected chi connectivity index (χ2v) is 6.48. The molecule has 0 bridgehead atoms. The molecule has 1 unspecified atom stereocenters. The number of aryl methyl sites for hydroxylation is 1. The molecule has 2 aliphatic heterocycles. The van der Waals surface area contributed by atoms with Crippen molar-refractivity contribution in [3.63, 3.8) is 0 Å². The molecule has 5 heterocycles. The molecule has 0 fully saturated rings. The van der Waals surface area contributed by atoms with Gasteiger partial charge in [-0.2, -0.15) is 13.2 Å². The second-order valence-electron chi connectivity index (χ2n) is 6.48. The summed E-state index contributed by atoms with van der Waals surface area (Å²) in [4.78, 5) is 13.4. The average Bonchev–Trinajstić information content (AvgIpc) is 3.38. The molecule has 1 spiro atoms. The van der Waals surface area contributed by atoms with Crippen LogP contribution in [0.15, 0.2) is 39.4 Å². The van der Waals surface area contributed by atoms with E-state index < -0.39 is 17.4 Å². The maximum Gasteiger partial charge on any atom is 0.449 e. The average molecular weight is 379 g/mol. The summed E-state index contributed by atoms with van der Waals surface area (Å²) in [6.45, 7) is 1.58. The molecule has 27 heavy (non-hydrogen) atoms. The Morgan fingerprint density at radius 1 is 1.30 bits per heavy atom. The quantitative estimate of drug-likeness (QED) is 0.685. The van der Waals surface area contributed by atoms with E-state index in [1.165, 1.54) is 11.1 Å². The number of alkyl halides is 3. The van der Waals surface area contributed by atoms with Crippen molar-refractivity contribution in [2.75, 3.05) is 11.6 Å². The van der Waals surface area contributed by atoms with E-state index in [4.69, 9.17) is 13.7 Å². The fourth-order valence-electron chi connectivity index (χ4n) is 3.81. The van der Waals surface area contributed by atoms with Crippen LogP contribution in [0, 0.1) is 6.92 Å². The van der Waals surface area contributed by atoms with Gasteiger partial charge in [0.2, 0.25) is 5.76 Å². The van der Waals surface area contributed by atoms with Crippen LogP contribution in [0.1, 0.15) is 28.5 Å². The van der Waals surface area contributed by atoms with E-state index in [1.54, 1.807) is 29.9 Å². The largest absolute Gasteiger partial charge is 0.473 e. The zero-order chi connectivity index (χ0) is 19.0. The third-order valence-corrected chi connectivity index (χ3v) is 4.96. The van der Waals surface area contributed by atoms with Gasteiger partial charge in [-0.1, -0.05) is 0 Å². The number of halogens is 3. The number of hydrogen-bond donors (Lipinski definition) is 0. The molecule has 0 saturated carbocycles. The highest BCUT2D eigenvalue weighted by molar-refractivity contribution is 6.03. The predicted octanol–water partition coefficient (Wildman–Crippen LogP) is 2.75. The van der Waals surface area contributed by atoms with Crippen molar-refractivity contribution in [3.05, 3.63) is 59.0 Å². The summed E-state index contributed by atoms with van der Waals surface area (Å²) in [6, 6.07) is 5.58. The Morgan fingerprint density at radius 3 is 2.85 bits per heavy atom. The van der Waals surface area contributed by atoms with Gasteiger partial charge in [0.05, 0.1) is 11.3 Å². The highest BCUT2D eigenvalue weighted by atomic mass is 19.4. The maximum absolute atomic E-state index is 13.4. The van der Waals surface area contributed by atoms with Crippen LogP contribution < -0.4 is 9.75 Å². The molecule has 3 aromatic heterocycles. The summed E-state index contributed by atoms with van der Waals surface area (Å²) < 4.78 is 55.6. The van der Waals surface area contributed by atoms with Gasteiger partial charge in [-0.15, -0.1) is 0 Å². The molecule has 140 valence electrons. The van der Waals surface area contributed by atoms with Crippen molar-refractivity contribution >= 4 is 5.91 Å². The minimum absolute atomic E-state index is 0.0218. The van der Waals surface area contributed by atoms with Crippen molar-refractivity contribution in [1.29, 1.82) is 0 Å². The predicted molar refractivity (Wildman–Crippen MR) is 82.6 cm³/mol. The van der Waals surface area contributed by atoms with E-state index in [2.05, 4.69) is 5.16 Å². The first-order chi connectivity index (χ1) is 12.8. The van der Waals surface area contributed by atoms with Crippen molar-refractivity contribution in [2.24, 2.45) is 0 Å². The smallest absolute Gasteiger partial charge is 0.449 e. The summed E-state index contributed by atoms with van der Waals surface area (Å²) in [5.74, 6) is -0.703. The lowest BCUT2D eigenvalue weighted by Gasteiger charge is -2.21. The van der Waals surface area contributed by atoms with Crippen LogP contribution in [0.4, 0.5) is 13.2 Å². The van der Waals surface area contributed by atoms with E-state index in [1.807, 2.05) is 0 Å². The van der Waals surface area contributed by atoms with Crippen molar-refractivity contribution in [2.45, 2.75) is 25.1 Å². The van der Waals surface area contributed by atoms with Gasteiger partial charge in [0.25, 0.3) is 11.8 Å². The second kappa shape index (κ2) is 4.96. The SMILES string of the molecule is Cc1onc2c1C1(CO2)C(=O)N(Cc2ccc(C(F)(F)F)o2)n2cccc21. The lowest BCUT2D eigenvalue weighted by Crippen LogP contribution is -2.44. The summed E-state index contributed by atoms with van der Waals surface area (Å²) in [7, 11) is 0. The van der Waals surface area contributed by atoms with Crippen LogP contribution in [-0.4, -0.2) is 22.3 Å². The number of nitrogens with zero attached hydrogens (tertiary/aromatic N) is 3. The normalized spacial score (nSPS) is 21.0. The minimum Gasteiger partial charge on any atom is -0.473 e. The van der Waals surface area contributed by atoms with E-state index in [9.17, 15) is 18.0 Å². The standard InChI is InChI=1S/C17H12F3N3O4/c1-9-13-14(21-27-9)25-8-16(13)11-3-2-6-22(11)23(15(16)24)7-10-4-5-12(26-10)17(18,19)20/h2-6H,7-8H2,1H3. The number of fused-ring (bicyclic) bond motifs is 4. The van der Waals surface area contributed by atoms with Gasteiger partial charge in [0.15, 0.2) is 5.41 Å². The molecule has 3 aromatic rings. The van der Waals surface area contributed by atoms with Crippen molar-refractivity contribution in [3.8, 4) is 5.88 Å². The minimum atomic E-state index is -4.58. The number of carbonyl (C=O) groups is 1. The Labute approximate surface area is 149 Å². The van der Waals surface area contributed by atoms with Crippen LogP contribution >= 0.6 is 0 Å². The Bertz CT molecular complexity index is 1060. The molecule has 0 N–H and O–H groups in total. The number of aromatic nitrogens is 2. The first-order valence-electron chi connectivity index (χ1n) is 8.08. The van der Waals surface area contributed by atoms with E-state index in [0.717, 1.165) is 6.07 Å². The Balaban J connectivity index is 1.56. The fourth-order valence-corrected chi connectivity index (χ4v) is 3.81. The van der Waals surface area contributed by atoms with Crippen LogP contribution in [0.2, 0.25) is 0 Å². The van der Waals surface area contributed by atoms with E-state index in [-0.39, 0.29) is 30.7 Å². The van der Waals surface area contributed by atoms with Gasteiger partial charge < -0.3 is 13.7 Å². The molecule has 7 nitrogen and oxygen atoms in total. The first-order valence-corrected chi connectivity index (χ1v) is 8.08. The van der Waals surface area contributed by atoms with Crippen molar-refractivity contribution in [1.82, 2.24) is 9.83 Å². The molecule has 0 aliphatic carbocycles. The molecule has 0 saturated heterocycles. The molecule has 1 atom stereocenters. The third kappa shape index (κ3) is 1.97. The van der Waals surface area contributed by atoms with Gasteiger partial charge in [-0.3, -0.25) is 9.47 Å². The number of hydrogen-bond acceptors (Lipinski definition) is 5. The number of rotatable bonds is 2. The van der Waals surface area contributed by atoms with E-state index in [0.29, 0.717) is 17.0 Å². The number of furan rings is 1. The summed E-state index contributed by atoms with van der Waals surface area (Å²) in [5.41, 5.74) is 0.0491. The first kappa shape index (κ1) is 16.0. The van der Waals surface area contributed by atoms with Crippen molar-refractivity contribution < 1.29 is 31.6 Å². The molecular formula is C17H12F3N3O4. The molecule has 5 rings (SSSR count). The third-order valence-electron chi connectivity index (χ3n) is 4.96. The topological polar surface area (TPSA) is 73.6 Å². The van der Waals surface area contributed by atoms with E-state index >= 15 is 0 Å². The molecule has 0 aromatic carbocycles. The molecule has 1 amide bonds. The number of carbonyl (C=O) groups excluding carboxylic acids is 1. The maximum atomic E-state index is 13.4. The van der Waals surface area contributed by atoms with Crippen LogP contribution in [0.25, 0.3) is 0 Å². The van der Waals surface area contributed by atoms with Gasteiger partial charge in [0, 0.05) is 6.20 Å². The van der Waals surface area contributed by atoms with Gasteiger partial charge in [-0.25, -0.2) is 5.01 Å². The number of ether oxygens (including phenoxy) is 1. The van der Waals surface area contributed by atoms with Crippen LogP contribution in [-0.2, 0) is 22.9 Å². The molecular weight excluding hydrogens is 367 g/mol. The van der Waals surface area contributed by atoms with Gasteiger partial charge >= 0.3 is 6.18 Å². The van der Waals surface area contributed by atoms with Gasteiger partial charge in [0.1, 0.15) is 24.7 Å². The summed E-state index contributed by atoms with van der Waals surface area (Å²) >= 11 is 0. The monoisotopic (exact) mass is 379 g/mol. The highest BCUT2D eigenvalue weighted by Crippen LogP contribution is 2.49. The van der Waals surface area contributed by atoms with Gasteiger partial charge in [-0.05, 0) is 36.3 Å². The Morgan fingerprint density at radius 2 is 2.11 bits per heavy atom. The lowest BCUT2D eigenvalue weighted by atomic mass is 9.79. The van der Waals surface area contributed by atoms with Crippen LogP contribution in [0.3, 0.4) is 0 Å². The molecule has 0 radical (unpaired) electrons. The zero-order valence-electron chi connectivity index (χ0n) is 13.9. The fraction of sp³-hybridized carbons (Fsp3) is 0.294. The molecule has 2 aliphatic rings. The van der Waals surface area contributed by atoms with Crippen LogP contribution in [0.5, 0.6) is 5.88 Å². The summed E-state index contributed by atoms with van der Waals surface area (Å²) in [5, 5.41) is 5.16. The summed E-state index contributed by atoms with van der Waals surface area (Å²) in [6.07, 6.45) is -2.92. The molecule has 10 heteroatoms.